The van der Waals surface area contributed by atoms with Gasteiger partial charge in [0.2, 0.25) is 0 Å². The lowest BCUT2D eigenvalue weighted by atomic mass is 10.2. The van der Waals surface area contributed by atoms with Crippen LogP contribution in [0.25, 0.3) is 0 Å². The largest absolute Gasteiger partial charge is 0.496 e. The number of hydrogen-bond acceptors (Lipinski definition) is 2. The number of aromatic carboxylic acids is 1. The van der Waals surface area contributed by atoms with Crippen LogP contribution in [-0.2, 0) is 0 Å². The average molecular weight is 151 g/mol. The van der Waals surface area contributed by atoms with Gasteiger partial charge in [-0.3, -0.25) is 0 Å². The third-order valence-electron chi connectivity index (χ3n) is 1.25. The molecule has 3 heteroatoms. The van der Waals surface area contributed by atoms with Crippen molar-refractivity contribution in [3.63, 3.8) is 0 Å². The Hall–Kier alpha value is -1.51. The molecular formula is C8H7O3. The molecule has 0 fully saturated rings. The molecule has 0 aliphatic rings. The van der Waals surface area contributed by atoms with E-state index in [0.717, 1.165) is 0 Å². The summed E-state index contributed by atoms with van der Waals surface area (Å²) in [5.74, 6) is -0.692. The number of carbonyl (C=O) groups is 1. The van der Waals surface area contributed by atoms with E-state index >= 15 is 0 Å². The van der Waals surface area contributed by atoms with Crippen LogP contribution in [0.5, 0.6) is 5.75 Å². The Balaban J connectivity index is 3.12. The summed E-state index contributed by atoms with van der Waals surface area (Å²) in [7, 11) is 1.43. The molecule has 0 unspecified atom stereocenters. The minimum absolute atomic E-state index is 0.0648. The number of hydrogen-bond donors (Lipinski definition) is 1. The molecule has 1 aromatic rings. The molecule has 57 valence electrons. The number of methoxy groups -OCH3 is 1. The van der Waals surface area contributed by atoms with Crippen LogP contribution in [0, 0.1) is 6.07 Å². The van der Waals surface area contributed by atoms with E-state index in [-0.39, 0.29) is 5.56 Å². The molecule has 1 aromatic carbocycles. The van der Waals surface area contributed by atoms with Crippen molar-refractivity contribution in [2.24, 2.45) is 0 Å². The molecule has 11 heavy (non-hydrogen) atoms. The van der Waals surface area contributed by atoms with Crippen LogP contribution in [0.4, 0.5) is 0 Å². The van der Waals surface area contributed by atoms with Crippen LogP contribution in [0.3, 0.4) is 0 Å². The molecule has 0 bridgehead atoms. The standard InChI is InChI=1S/C8H7O3/c1-11-7-5-3-2-4-6(7)8(9)10/h2-3,5H,1H3,(H,9,10). The van der Waals surface area contributed by atoms with Gasteiger partial charge in [-0.15, -0.1) is 0 Å². The maximum Gasteiger partial charge on any atom is 0.340 e. The van der Waals surface area contributed by atoms with Crippen LogP contribution >= 0.6 is 0 Å². The van der Waals surface area contributed by atoms with Gasteiger partial charge in [0.1, 0.15) is 11.3 Å². The first-order valence-corrected chi connectivity index (χ1v) is 3.03. The Bertz CT molecular complexity index is 268. The van der Waals surface area contributed by atoms with Crippen LogP contribution in [0.1, 0.15) is 10.4 Å². The molecule has 0 atom stereocenters. The molecule has 0 aromatic heterocycles. The highest BCUT2D eigenvalue weighted by Crippen LogP contribution is 2.15. The molecule has 1 N–H and O–H groups in total. The number of benzene rings is 1. The fraction of sp³-hybridized carbons (Fsp3) is 0.125. The van der Waals surface area contributed by atoms with Crippen molar-refractivity contribution in [1.82, 2.24) is 0 Å². The summed E-state index contributed by atoms with van der Waals surface area (Å²) in [6, 6.07) is 7.35. The Kier molecular flexibility index (Phi) is 2.11. The number of ether oxygens (including phenoxy) is 1. The van der Waals surface area contributed by atoms with Crippen molar-refractivity contribution >= 4 is 5.97 Å². The average Bonchev–Trinajstić information content (AvgIpc) is 2.04. The van der Waals surface area contributed by atoms with Crippen molar-refractivity contribution in [3.05, 3.63) is 29.8 Å². The van der Waals surface area contributed by atoms with Gasteiger partial charge in [0, 0.05) is 6.07 Å². The normalized spacial score (nSPS) is 9.18. The predicted molar refractivity (Wildman–Crippen MR) is 38.8 cm³/mol. The number of carboxylic acids is 1. The SMILES string of the molecule is COc1ccc[c]c1C(=O)O. The van der Waals surface area contributed by atoms with Crippen molar-refractivity contribution in [2.45, 2.75) is 0 Å². The lowest BCUT2D eigenvalue weighted by Gasteiger charge is -2.01. The van der Waals surface area contributed by atoms with Crippen LogP contribution in [-0.4, -0.2) is 18.2 Å². The number of rotatable bonds is 2. The van der Waals surface area contributed by atoms with E-state index in [4.69, 9.17) is 9.84 Å². The predicted octanol–water partition coefficient (Wildman–Crippen LogP) is 1.19. The zero-order valence-corrected chi connectivity index (χ0v) is 6.00. The van der Waals surface area contributed by atoms with Crippen LogP contribution in [0.15, 0.2) is 18.2 Å². The summed E-state index contributed by atoms with van der Waals surface area (Å²) in [6.07, 6.45) is 0. The van der Waals surface area contributed by atoms with E-state index < -0.39 is 5.97 Å². The molecule has 0 aliphatic carbocycles. The van der Waals surface area contributed by atoms with Gasteiger partial charge in [-0.05, 0) is 6.07 Å². The van der Waals surface area contributed by atoms with Gasteiger partial charge in [0.05, 0.1) is 7.11 Å². The third kappa shape index (κ3) is 1.49. The Morgan fingerprint density at radius 3 is 2.91 bits per heavy atom. The first kappa shape index (κ1) is 7.60. The fourth-order valence-electron chi connectivity index (χ4n) is 0.759. The van der Waals surface area contributed by atoms with Gasteiger partial charge < -0.3 is 9.84 Å². The molecular weight excluding hydrogens is 144 g/mol. The van der Waals surface area contributed by atoms with Crippen molar-refractivity contribution in [2.75, 3.05) is 7.11 Å². The van der Waals surface area contributed by atoms with Crippen LogP contribution < -0.4 is 4.74 Å². The van der Waals surface area contributed by atoms with E-state index in [1.807, 2.05) is 0 Å². The fourth-order valence-corrected chi connectivity index (χ4v) is 0.759. The second-order valence-corrected chi connectivity index (χ2v) is 1.92. The molecule has 1 rings (SSSR count). The second-order valence-electron chi connectivity index (χ2n) is 1.92. The van der Waals surface area contributed by atoms with Crippen LogP contribution in [0.2, 0.25) is 0 Å². The molecule has 3 nitrogen and oxygen atoms in total. The summed E-state index contributed by atoms with van der Waals surface area (Å²) in [4.78, 5) is 10.5. The van der Waals surface area contributed by atoms with Gasteiger partial charge in [0.15, 0.2) is 0 Å². The highest BCUT2D eigenvalue weighted by Gasteiger charge is 2.08. The highest BCUT2D eigenvalue weighted by atomic mass is 16.5. The zero-order valence-electron chi connectivity index (χ0n) is 6.00. The summed E-state index contributed by atoms with van der Waals surface area (Å²) in [5.41, 5.74) is 0.0648. The zero-order chi connectivity index (χ0) is 8.27. The minimum atomic E-state index is -1.03. The number of carboxylic acid groups (broad SMARTS) is 1. The van der Waals surface area contributed by atoms with Gasteiger partial charge in [0.25, 0.3) is 0 Å². The second kappa shape index (κ2) is 3.05. The quantitative estimate of drug-likeness (QED) is 0.690. The van der Waals surface area contributed by atoms with E-state index in [1.54, 1.807) is 12.1 Å². The Labute approximate surface area is 64.2 Å². The van der Waals surface area contributed by atoms with Gasteiger partial charge in [-0.1, -0.05) is 12.1 Å². The Morgan fingerprint density at radius 2 is 2.45 bits per heavy atom. The molecule has 0 saturated heterocycles. The maximum absolute atomic E-state index is 10.5. The summed E-state index contributed by atoms with van der Waals surface area (Å²) >= 11 is 0. The minimum Gasteiger partial charge on any atom is -0.496 e. The van der Waals surface area contributed by atoms with E-state index in [2.05, 4.69) is 6.07 Å². The molecule has 0 heterocycles. The van der Waals surface area contributed by atoms with Crippen molar-refractivity contribution in [1.29, 1.82) is 0 Å². The van der Waals surface area contributed by atoms with Gasteiger partial charge in [-0.2, -0.15) is 0 Å². The lowest BCUT2D eigenvalue weighted by Crippen LogP contribution is -1.99. The van der Waals surface area contributed by atoms with E-state index in [9.17, 15) is 4.79 Å². The van der Waals surface area contributed by atoms with E-state index in [0.29, 0.717) is 5.75 Å². The molecule has 0 saturated carbocycles. The molecule has 1 radical (unpaired) electrons. The van der Waals surface area contributed by atoms with Gasteiger partial charge >= 0.3 is 5.97 Å². The third-order valence-corrected chi connectivity index (χ3v) is 1.25. The summed E-state index contributed by atoms with van der Waals surface area (Å²) in [5, 5.41) is 8.59. The topological polar surface area (TPSA) is 46.5 Å². The molecule has 0 aliphatic heterocycles. The Morgan fingerprint density at radius 1 is 1.73 bits per heavy atom. The monoisotopic (exact) mass is 151 g/mol. The first-order valence-electron chi connectivity index (χ1n) is 3.03. The van der Waals surface area contributed by atoms with Crippen molar-refractivity contribution in [3.8, 4) is 5.75 Å². The summed E-state index contributed by atoms with van der Waals surface area (Å²) in [6.45, 7) is 0. The lowest BCUT2D eigenvalue weighted by molar-refractivity contribution is 0.0693. The first-order chi connectivity index (χ1) is 5.25. The van der Waals surface area contributed by atoms with Crippen molar-refractivity contribution < 1.29 is 14.6 Å². The summed E-state index contributed by atoms with van der Waals surface area (Å²) < 4.78 is 4.79. The highest BCUT2D eigenvalue weighted by molar-refractivity contribution is 5.90. The maximum atomic E-state index is 10.5. The van der Waals surface area contributed by atoms with E-state index in [1.165, 1.54) is 13.2 Å². The molecule has 0 amide bonds. The molecule has 0 spiro atoms. The van der Waals surface area contributed by atoms with Gasteiger partial charge in [-0.25, -0.2) is 4.79 Å². The smallest absolute Gasteiger partial charge is 0.340 e.